The summed E-state index contributed by atoms with van der Waals surface area (Å²) in [6.07, 6.45) is 3.59. The van der Waals surface area contributed by atoms with Crippen LogP contribution in [0.25, 0.3) is 0 Å². The number of nitrogens with one attached hydrogen (secondary N) is 1. The van der Waals surface area contributed by atoms with E-state index in [0.717, 1.165) is 25.7 Å². The molecule has 0 atom stereocenters. The maximum absolute atomic E-state index is 12.1. The van der Waals surface area contributed by atoms with Crippen LogP contribution < -0.4 is 11.1 Å². The zero-order valence-electron chi connectivity index (χ0n) is 10.6. The first-order valence-electron chi connectivity index (χ1n) is 6.11. The van der Waals surface area contributed by atoms with Crippen molar-refractivity contribution in [2.45, 2.75) is 59.4 Å². The van der Waals surface area contributed by atoms with Gasteiger partial charge in [0.15, 0.2) is 0 Å². The quantitative estimate of drug-likeness (QED) is 0.681. The minimum absolute atomic E-state index is 0.128. The maximum atomic E-state index is 12.1. The van der Waals surface area contributed by atoms with E-state index in [2.05, 4.69) is 19.2 Å². The Morgan fingerprint density at radius 3 is 1.93 bits per heavy atom. The van der Waals surface area contributed by atoms with Crippen molar-refractivity contribution in [1.82, 2.24) is 5.32 Å². The van der Waals surface area contributed by atoms with Gasteiger partial charge in [-0.3, -0.25) is 4.79 Å². The lowest BCUT2D eigenvalue weighted by molar-refractivity contribution is -0.131. The van der Waals surface area contributed by atoms with Crippen molar-refractivity contribution in [2.75, 3.05) is 6.54 Å². The van der Waals surface area contributed by atoms with Crippen LogP contribution in [0.15, 0.2) is 0 Å². The lowest BCUT2D eigenvalue weighted by Crippen LogP contribution is -2.48. The Bertz CT molecular complexity index is 176. The van der Waals surface area contributed by atoms with Crippen LogP contribution in [0.5, 0.6) is 0 Å². The second kappa shape index (κ2) is 6.83. The third-order valence-electron chi connectivity index (χ3n) is 3.55. The van der Waals surface area contributed by atoms with Crippen LogP contribution in [0, 0.1) is 5.41 Å². The number of carbonyl (C=O) groups excluding carboxylic acids is 1. The largest absolute Gasteiger partial charge is 0.353 e. The normalized spacial score (nSPS) is 11.9. The molecule has 0 aliphatic heterocycles. The molecule has 0 spiro atoms. The van der Waals surface area contributed by atoms with Crippen LogP contribution in [0.4, 0.5) is 0 Å². The van der Waals surface area contributed by atoms with Gasteiger partial charge in [0.1, 0.15) is 0 Å². The van der Waals surface area contributed by atoms with Crippen LogP contribution in [0.2, 0.25) is 0 Å². The maximum Gasteiger partial charge on any atom is 0.227 e. The van der Waals surface area contributed by atoms with E-state index >= 15 is 0 Å². The molecule has 0 aromatic rings. The van der Waals surface area contributed by atoms with Crippen molar-refractivity contribution in [3.05, 3.63) is 0 Å². The average molecular weight is 214 g/mol. The molecule has 0 radical (unpaired) electrons. The Labute approximate surface area is 93.8 Å². The zero-order valence-corrected chi connectivity index (χ0v) is 10.6. The number of rotatable bonds is 7. The molecule has 0 saturated carbocycles. The molecule has 90 valence electrons. The highest BCUT2D eigenvalue weighted by atomic mass is 16.2. The molecule has 0 aromatic heterocycles. The summed E-state index contributed by atoms with van der Waals surface area (Å²) in [6.45, 7) is 8.69. The lowest BCUT2D eigenvalue weighted by atomic mass is 9.81. The first kappa shape index (κ1) is 14.4. The van der Waals surface area contributed by atoms with E-state index in [1.165, 1.54) is 0 Å². The first-order valence-corrected chi connectivity index (χ1v) is 6.11. The third-order valence-corrected chi connectivity index (χ3v) is 3.55. The van der Waals surface area contributed by atoms with Crippen LogP contribution in [-0.4, -0.2) is 18.5 Å². The van der Waals surface area contributed by atoms with Gasteiger partial charge in [0.25, 0.3) is 0 Å². The summed E-state index contributed by atoms with van der Waals surface area (Å²) in [5.41, 5.74) is 5.37. The van der Waals surface area contributed by atoms with Gasteiger partial charge in [-0.1, -0.05) is 27.7 Å². The molecule has 3 N–H and O–H groups in total. The standard InChI is InChI=1S/C12H26N2O/c1-5-10(6-2)14-11(15)12(7-3,8-4)9-13/h10H,5-9,13H2,1-4H3,(H,14,15). The molecule has 0 rings (SSSR count). The fourth-order valence-corrected chi connectivity index (χ4v) is 1.78. The van der Waals surface area contributed by atoms with Crippen LogP contribution >= 0.6 is 0 Å². The molecule has 1 amide bonds. The average Bonchev–Trinajstić information content (AvgIpc) is 2.29. The molecule has 0 bridgehead atoms. The van der Waals surface area contributed by atoms with Crippen LogP contribution in [0.3, 0.4) is 0 Å². The Hall–Kier alpha value is -0.570. The molecule has 0 aromatic carbocycles. The third kappa shape index (κ3) is 3.49. The summed E-state index contributed by atoms with van der Waals surface area (Å²) < 4.78 is 0. The van der Waals surface area contributed by atoms with Crippen molar-refractivity contribution in [1.29, 1.82) is 0 Å². The lowest BCUT2D eigenvalue weighted by Gasteiger charge is -2.30. The van der Waals surface area contributed by atoms with Gasteiger partial charge in [0.05, 0.1) is 5.41 Å². The Balaban J connectivity index is 4.51. The SMILES string of the molecule is CCC(CC)NC(=O)C(CC)(CC)CN. The van der Waals surface area contributed by atoms with Gasteiger partial charge in [-0.05, 0) is 25.7 Å². The molecular formula is C12H26N2O. The van der Waals surface area contributed by atoms with Crippen molar-refractivity contribution in [3.8, 4) is 0 Å². The predicted octanol–water partition coefficient (Wildman–Crippen LogP) is 2.06. The molecule has 0 saturated heterocycles. The fraction of sp³-hybridized carbons (Fsp3) is 0.917. The van der Waals surface area contributed by atoms with E-state index in [1.807, 2.05) is 13.8 Å². The summed E-state index contributed by atoms with van der Waals surface area (Å²) in [4.78, 5) is 12.1. The second-order valence-corrected chi connectivity index (χ2v) is 4.18. The van der Waals surface area contributed by atoms with Gasteiger partial charge in [0, 0.05) is 12.6 Å². The fourth-order valence-electron chi connectivity index (χ4n) is 1.78. The molecule has 0 heterocycles. The minimum Gasteiger partial charge on any atom is -0.353 e. The monoisotopic (exact) mass is 214 g/mol. The number of hydrogen-bond donors (Lipinski definition) is 2. The Morgan fingerprint density at radius 2 is 1.67 bits per heavy atom. The van der Waals surface area contributed by atoms with E-state index in [0.29, 0.717) is 12.6 Å². The topological polar surface area (TPSA) is 55.1 Å². The minimum atomic E-state index is -0.359. The van der Waals surface area contributed by atoms with Crippen LogP contribution in [-0.2, 0) is 4.79 Å². The predicted molar refractivity (Wildman–Crippen MR) is 64.6 cm³/mol. The van der Waals surface area contributed by atoms with Gasteiger partial charge >= 0.3 is 0 Å². The summed E-state index contributed by atoms with van der Waals surface area (Å²) in [5, 5.41) is 3.09. The first-order chi connectivity index (χ1) is 7.10. The molecular weight excluding hydrogens is 188 g/mol. The Morgan fingerprint density at radius 1 is 1.20 bits per heavy atom. The van der Waals surface area contributed by atoms with Crippen molar-refractivity contribution in [2.24, 2.45) is 11.1 Å². The highest BCUT2D eigenvalue weighted by Crippen LogP contribution is 2.25. The van der Waals surface area contributed by atoms with Crippen molar-refractivity contribution in [3.63, 3.8) is 0 Å². The van der Waals surface area contributed by atoms with Gasteiger partial charge in [0.2, 0.25) is 5.91 Å². The second-order valence-electron chi connectivity index (χ2n) is 4.18. The zero-order chi connectivity index (χ0) is 11.9. The van der Waals surface area contributed by atoms with E-state index in [9.17, 15) is 4.79 Å². The number of hydrogen-bond acceptors (Lipinski definition) is 2. The van der Waals surface area contributed by atoms with E-state index < -0.39 is 0 Å². The number of carbonyl (C=O) groups is 1. The van der Waals surface area contributed by atoms with Crippen molar-refractivity contribution >= 4 is 5.91 Å². The van der Waals surface area contributed by atoms with Gasteiger partial charge in [-0.25, -0.2) is 0 Å². The molecule has 0 unspecified atom stereocenters. The molecule has 3 heteroatoms. The highest BCUT2D eigenvalue weighted by molar-refractivity contribution is 5.83. The van der Waals surface area contributed by atoms with Gasteiger partial charge in [-0.15, -0.1) is 0 Å². The van der Waals surface area contributed by atoms with E-state index in [-0.39, 0.29) is 11.3 Å². The molecule has 0 fully saturated rings. The van der Waals surface area contributed by atoms with E-state index in [1.54, 1.807) is 0 Å². The summed E-state index contributed by atoms with van der Waals surface area (Å²) in [6, 6.07) is 0.293. The Kier molecular flexibility index (Phi) is 6.57. The number of nitrogens with two attached hydrogens (primary N) is 1. The smallest absolute Gasteiger partial charge is 0.227 e. The molecule has 15 heavy (non-hydrogen) atoms. The van der Waals surface area contributed by atoms with Gasteiger partial charge in [-0.2, -0.15) is 0 Å². The number of amides is 1. The summed E-state index contributed by atoms with van der Waals surface area (Å²) in [7, 11) is 0. The summed E-state index contributed by atoms with van der Waals surface area (Å²) >= 11 is 0. The van der Waals surface area contributed by atoms with E-state index in [4.69, 9.17) is 5.73 Å². The summed E-state index contributed by atoms with van der Waals surface area (Å²) in [5.74, 6) is 0.128. The van der Waals surface area contributed by atoms with Gasteiger partial charge < -0.3 is 11.1 Å². The van der Waals surface area contributed by atoms with Crippen LogP contribution in [0.1, 0.15) is 53.4 Å². The molecule has 0 aliphatic carbocycles. The van der Waals surface area contributed by atoms with Crippen molar-refractivity contribution < 1.29 is 4.79 Å². The molecule has 0 aliphatic rings. The molecule has 3 nitrogen and oxygen atoms in total. The highest BCUT2D eigenvalue weighted by Gasteiger charge is 2.33.